The van der Waals surface area contributed by atoms with Crippen LogP contribution in [0.25, 0.3) is 0 Å². The highest BCUT2D eigenvalue weighted by atomic mass is 35.5. The highest BCUT2D eigenvalue weighted by molar-refractivity contribution is 5.91. The van der Waals surface area contributed by atoms with E-state index in [0.29, 0.717) is 24.1 Å². The maximum Gasteiger partial charge on any atom is 0.339 e. The molecule has 1 aromatic heterocycles. The molecule has 0 saturated heterocycles. The predicted octanol–water partition coefficient (Wildman–Crippen LogP) is 0.229. The van der Waals surface area contributed by atoms with Gasteiger partial charge in [-0.1, -0.05) is 0 Å². The lowest BCUT2D eigenvalue weighted by atomic mass is 9.98. The standard InChI is InChI=1S/C10H12N2O3.ClH/c1-15-10(14)8-5-12-9(13)7-4-11-3-2-6(7)8;/h5,11H,2-4H2,1H3,(H,12,13);1H. The van der Waals surface area contributed by atoms with Crippen molar-refractivity contribution >= 4 is 18.4 Å². The second-order valence-electron chi connectivity index (χ2n) is 3.41. The topological polar surface area (TPSA) is 71.2 Å². The number of carbonyl (C=O) groups is 1. The van der Waals surface area contributed by atoms with Crippen molar-refractivity contribution in [2.45, 2.75) is 13.0 Å². The summed E-state index contributed by atoms with van der Waals surface area (Å²) < 4.78 is 4.66. The Labute approximate surface area is 98.6 Å². The molecule has 1 aliphatic heterocycles. The quantitative estimate of drug-likeness (QED) is 0.694. The van der Waals surface area contributed by atoms with Crippen LogP contribution in [0.2, 0.25) is 0 Å². The fourth-order valence-electron chi connectivity index (χ4n) is 1.80. The molecular weight excluding hydrogens is 232 g/mol. The zero-order valence-electron chi connectivity index (χ0n) is 8.83. The Kier molecular flexibility index (Phi) is 4.09. The van der Waals surface area contributed by atoms with Gasteiger partial charge in [0.2, 0.25) is 0 Å². The van der Waals surface area contributed by atoms with Crippen molar-refractivity contribution < 1.29 is 9.53 Å². The first-order valence-electron chi connectivity index (χ1n) is 4.76. The monoisotopic (exact) mass is 244 g/mol. The van der Waals surface area contributed by atoms with Gasteiger partial charge in [0, 0.05) is 18.3 Å². The lowest BCUT2D eigenvalue weighted by Gasteiger charge is -2.17. The summed E-state index contributed by atoms with van der Waals surface area (Å²) in [5.74, 6) is -0.399. The number of carbonyl (C=O) groups excluding carboxylic acids is 1. The van der Waals surface area contributed by atoms with Gasteiger partial charge in [0.1, 0.15) is 0 Å². The number of methoxy groups -OCH3 is 1. The molecule has 2 heterocycles. The van der Waals surface area contributed by atoms with E-state index in [0.717, 1.165) is 12.1 Å². The lowest BCUT2D eigenvalue weighted by molar-refractivity contribution is 0.0598. The third-order valence-electron chi connectivity index (χ3n) is 2.57. The van der Waals surface area contributed by atoms with Gasteiger partial charge in [-0.2, -0.15) is 0 Å². The summed E-state index contributed by atoms with van der Waals surface area (Å²) in [7, 11) is 1.33. The van der Waals surface area contributed by atoms with E-state index in [1.54, 1.807) is 0 Å². The number of ether oxygens (including phenoxy) is 1. The van der Waals surface area contributed by atoms with Crippen LogP contribution in [-0.4, -0.2) is 24.6 Å². The number of pyridine rings is 1. The summed E-state index contributed by atoms with van der Waals surface area (Å²) in [4.78, 5) is 25.5. The van der Waals surface area contributed by atoms with Gasteiger partial charge < -0.3 is 15.0 Å². The number of esters is 1. The average Bonchev–Trinajstić information content (AvgIpc) is 2.29. The van der Waals surface area contributed by atoms with Crippen LogP contribution in [0.15, 0.2) is 11.0 Å². The van der Waals surface area contributed by atoms with Gasteiger partial charge in [-0.15, -0.1) is 12.4 Å². The molecule has 0 spiro atoms. The van der Waals surface area contributed by atoms with Crippen molar-refractivity contribution in [1.29, 1.82) is 0 Å². The van der Waals surface area contributed by atoms with Crippen molar-refractivity contribution in [3.8, 4) is 0 Å². The molecule has 0 amide bonds. The van der Waals surface area contributed by atoms with Gasteiger partial charge in [0.05, 0.1) is 12.7 Å². The van der Waals surface area contributed by atoms with Crippen molar-refractivity contribution in [3.63, 3.8) is 0 Å². The molecule has 0 aliphatic carbocycles. The third kappa shape index (κ3) is 2.10. The Morgan fingerprint density at radius 2 is 2.19 bits per heavy atom. The average molecular weight is 245 g/mol. The molecule has 0 fully saturated rings. The van der Waals surface area contributed by atoms with E-state index in [2.05, 4.69) is 15.0 Å². The van der Waals surface area contributed by atoms with E-state index in [1.165, 1.54) is 13.3 Å². The number of hydrogen-bond acceptors (Lipinski definition) is 4. The molecule has 88 valence electrons. The molecule has 0 radical (unpaired) electrons. The maximum absolute atomic E-state index is 11.5. The van der Waals surface area contributed by atoms with Crippen molar-refractivity contribution in [2.75, 3.05) is 13.7 Å². The first-order valence-corrected chi connectivity index (χ1v) is 4.76. The third-order valence-corrected chi connectivity index (χ3v) is 2.57. The SMILES string of the molecule is COC(=O)c1c[nH]c(=O)c2c1CCNC2.Cl. The van der Waals surface area contributed by atoms with Gasteiger partial charge in [-0.05, 0) is 18.5 Å². The normalized spacial score (nSPS) is 13.6. The van der Waals surface area contributed by atoms with E-state index in [-0.39, 0.29) is 18.0 Å². The first-order chi connectivity index (χ1) is 7.24. The van der Waals surface area contributed by atoms with Crippen molar-refractivity contribution in [1.82, 2.24) is 10.3 Å². The zero-order chi connectivity index (χ0) is 10.8. The largest absolute Gasteiger partial charge is 0.465 e. The molecule has 2 rings (SSSR count). The highest BCUT2D eigenvalue weighted by Gasteiger charge is 2.20. The fourth-order valence-corrected chi connectivity index (χ4v) is 1.80. The molecule has 6 heteroatoms. The molecule has 0 atom stereocenters. The summed E-state index contributed by atoms with van der Waals surface area (Å²) in [6.45, 7) is 1.29. The Hall–Kier alpha value is -1.33. The van der Waals surface area contributed by atoms with Crippen molar-refractivity contribution in [2.24, 2.45) is 0 Å². The number of H-pyrrole nitrogens is 1. The van der Waals surface area contributed by atoms with Crippen LogP contribution in [0.5, 0.6) is 0 Å². The number of hydrogen-bond donors (Lipinski definition) is 2. The van der Waals surface area contributed by atoms with E-state index in [1.807, 2.05) is 0 Å². The van der Waals surface area contributed by atoms with Gasteiger partial charge in [0.15, 0.2) is 0 Å². The summed E-state index contributed by atoms with van der Waals surface area (Å²) in [5.41, 5.74) is 1.78. The summed E-state index contributed by atoms with van der Waals surface area (Å²) in [5, 5.41) is 3.09. The van der Waals surface area contributed by atoms with Crippen LogP contribution < -0.4 is 10.9 Å². The molecule has 0 bridgehead atoms. The van der Waals surface area contributed by atoms with E-state index in [9.17, 15) is 9.59 Å². The molecule has 16 heavy (non-hydrogen) atoms. The van der Waals surface area contributed by atoms with Gasteiger partial charge in [-0.25, -0.2) is 4.79 Å². The number of aromatic nitrogens is 1. The van der Waals surface area contributed by atoms with Gasteiger partial charge in [-0.3, -0.25) is 4.79 Å². The number of aromatic amines is 1. The molecule has 5 nitrogen and oxygen atoms in total. The molecule has 0 aromatic carbocycles. The van der Waals surface area contributed by atoms with Crippen LogP contribution in [0, 0.1) is 0 Å². The van der Waals surface area contributed by atoms with Crippen LogP contribution in [-0.2, 0) is 17.7 Å². The number of fused-ring (bicyclic) bond motifs is 1. The van der Waals surface area contributed by atoms with E-state index >= 15 is 0 Å². The fraction of sp³-hybridized carbons (Fsp3) is 0.400. The smallest absolute Gasteiger partial charge is 0.339 e. The minimum atomic E-state index is -0.399. The molecule has 1 aromatic rings. The number of halogens is 1. The van der Waals surface area contributed by atoms with Crippen LogP contribution in [0.1, 0.15) is 21.5 Å². The molecule has 1 aliphatic rings. The summed E-state index contributed by atoms with van der Waals surface area (Å²) in [6, 6.07) is 0. The maximum atomic E-state index is 11.5. The minimum Gasteiger partial charge on any atom is -0.465 e. The minimum absolute atomic E-state index is 0. The molecule has 0 unspecified atom stereocenters. The summed E-state index contributed by atoms with van der Waals surface area (Å²) >= 11 is 0. The van der Waals surface area contributed by atoms with E-state index in [4.69, 9.17) is 0 Å². The first kappa shape index (κ1) is 12.7. The highest BCUT2D eigenvalue weighted by Crippen LogP contribution is 2.15. The van der Waals surface area contributed by atoms with Crippen LogP contribution >= 0.6 is 12.4 Å². The molecule has 0 saturated carbocycles. The van der Waals surface area contributed by atoms with E-state index < -0.39 is 5.97 Å². The van der Waals surface area contributed by atoms with Crippen molar-refractivity contribution in [3.05, 3.63) is 33.2 Å². The predicted molar refractivity (Wildman–Crippen MR) is 61.1 cm³/mol. The second-order valence-corrected chi connectivity index (χ2v) is 3.41. The molecule has 2 N–H and O–H groups in total. The Morgan fingerprint density at radius 3 is 2.88 bits per heavy atom. The molecular formula is C10H13ClN2O3. The number of rotatable bonds is 1. The second kappa shape index (κ2) is 5.14. The lowest BCUT2D eigenvalue weighted by Crippen LogP contribution is -2.32. The van der Waals surface area contributed by atoms with Gasteiger partial charge in [0.25, 0.3) is 5.56 Å². The van der Waals surface area contributed by atoms with Crippen LogP contribution in [0.3, 0.4) is 0 Å². The number of nitrogens with one attached hydrogen (secondary N) is 2. The summed E-state index contributed by atoms with van der Waals surface area (Å²) in [6.07, 6.45) is 2.11. The zero-order valence-corrected chi connectivity index (χ0v) is 9.65. The van der Waals surface area contributed by atoms with Crippen LogP contribution in [0.4, 0.5) is 0 Å². The Bertz CT molecular complexity index is 456. The van der Waals surface area contributed by atoms with Gasteiger partial charge >= 0.3 is 5.97 Å². The Morgan fingerprint density at radius 1 is 1.44 bits per heavy atom. The Balaban J connectivity index is 0.00000128.